The van der Waals surface area contributed by atoms with Crippen LogP contribution in [-0.4, -0.2) is 45.1 Å². The second kappa shape index (κ2) is 5.22. The Labute approximate surface area is 117 Å². The Kier molecular flexibility index (Phi) is 3.78. The van der Waals surface area contributed by atoms with E-state index in [0.29, 0.717) is 18.9 Å². The monoisotopic (exact) mass is 281 g/mol. The zero-order valence-electron chi connectivity index (χ0n) is 12.2. The van der Waals surface area contributed by atoms with E-state index >= 15 is 0 Å². The number of nitrogens with zero attached hydrogens (tertiary/aromatic N) is 3. The highest BCUT2D eigenvalue weighted by Crippen LogP contribution is 2.22. The molecular weight excluding hydrogens is 262 g/mol. The molecule has 0 unspecified atom stereocenters. The highest BCUT2D eigenvalue weighted by Gasteiger charge is 2.38. The normalized spacial score (nSPS) is 19.2. The van der Waals surface area contributed by atoms with Gasteiger partial charge in [-0.05, 0) is 33.6 Å². The molecule has 0 saturated carbocycles. The topological polar surface area (TPSA) is 85.5 Å². The summed E-state index contributed by atoms with van der Waals surface area (Å²) < 4.78 is 10.1. The molecule has 1 saturated heterocycles. The Bertz CT molecular complexity index is 518. The minimum Gasteiger partial charge on any atom is -0.458 e. The molecule has 1 aliphatic rings. The van der Waals surface area contributed by atoms with Gasteiger partial charge in [0.25, 0.3) is 11.7 Å². The molecule has 110 valence electrons. The highest BCUT2D eigenvalue weighted by atomic mass is 16.6. The van der Waals surface area contributed by atoms with Crippen molar-refractivity contribution < 1.29 is 18.8 Å². The third kappa shape index (κ3) is 3.15. The Hall–Kier alpha value is -1.92. The van der Waals surface area contributed by atoms with Gasteiger partial charge in [-0.3, -0.25) is 4.79 Å². The van der Waals surface area contributed by atoms with E-state index in [1.807, 2.05) is 0 Å². The van der Waals surface area contributed by atoms with Gasteiger partial charge in [-0.2, -0.15) is 4.98 Å². The number of hydrogen-bond donors (Lipinski definition) is 0. The Balaban J connectivity index is 2.11. The Morgan fingerprint density at radius 3 is 2.65 bits per heavy atom. The van der Waals surface area contributed by atoms with E-state index in [9.17, 15) is 9.59 Å². The van der Waals surface area contributed by atoms with Crippen molar-refractivity contribution in [2.24, 2.45) is 0 Å². The van der Waals surface area contributed by atoms with Gasteiger partial charge < -0.3 is 14.2 Å². The van der Waals surface area contributed by atoms with Crippen molar-refractivity contribution in [1.82, 2.24) is 15.0 Å². The molecule has 1 fully saturated rings. The fourth-order valence-electron chi connectivity index (χ4n) is 2.14. The van der Waals surface area contributed by atoms with E-state index < -0.39 is 17.6 Å². The fraction of sp³-hybridized carbons (Fsp3) is 0.692. The molecule has 1 aliphatic heterocycles. The van der Waals surface area contributed by atoms with Crippen molar-refractivity contribution in [3.8, 4) is 0 Å². The standard InChI is InChI=1S/C13H19N3O4/c1-8-14-10(15-20-8)11(17)16-7-5-6-9(16)12(18)19-13(2,3)4/h9H,5-7H2,1-4H3/t9-/m0/s1. The predicted molar refractivity (Wildman–Crippen MR) is 68.9 cm³/mol. The number of hydrogen-bond acceptors (Lipinski definition) is 6. The highest BCUT2D eigenvalue weighted by molar-refractivity contribution is 5.94. The minimum absolute atomic E-state index is 0.0158. The second-order valence-corrected chi connectivity index (χ2v) is 5.83. The maximum atomic E-state index is 12.3. The van der Waals surface area contributed by atoms with Crippen LogP contribution in [0.5, 0.6) is 0 Å². The summed E-state index contributed by atoms with van der Waals surface area (Å²) in [5.74, 6) is -0.474. The largest absolute Gasteiger partial charge is 0.458 e. The molecule has 1 aromatic heterocycles. The van der Waals surface area contributed by atoms with Gasteiger partial charge in [0.1, 0.15) is 11.6 Å². The van der Waals surface area contributed by atoms with Crippen molar-refractivity contribution in [3.63, 3.8) is 0 Å². The third-order valence-electron chi connectivity index (χ3n) is 2.91. The van der Waals surface area contributed by atoms with E-state index in [1.165, 1.54) is 4.90 Å². The first kappa shape index (κ1) is 14.5. The van der Waals surface area contributed by atoms with Crippen molar-refractivity contribution in [2.45, 2.75) is 52.2 Å². The van der Waals surface area contributed by atoms with Gasteiger partial charge in [0.05, 0.1) is 0 Å². The zero-order valence-corrected chi connectivity index (χ0v) is 12.2. The molecule has 0 aliphatic carbocycles. The Morgan fingerprint density at radius 1 is 1.40 bits per heavy atom. The number of rotatable bonds is 2. The van der Waals surface area contributed by atoms with Crippen LogP contribution in [0.3, 0.4) is 0 Å². The molecule has 0 N–H and O–H groups in total. The summed E-state index contributed by atoms with van der Waals surface area (Å²) in [7, 11) is 0. The van der Waals surface area contributed by atoms with Gasteiger partial charge in [0.2, 0.25) is 5.89 Å². The molecule has 20 heavy (non-hydrogen) atoms. The number of amides is 1. The average molecular weight is 281 g/mol. The molecule has 0 aromatic carbocycles. The number of likely N-dealkylation sites (tertiary alicyclic amines) is 1. The lowest BCUT2D eigenvalue weighted by molar-refractivity contribution is -0.159. The van der Waals surface area contributed by atoms with Gasteiger partial charge in [0, 0.05) is 13.5 Å². The lowest BCUT2D eigenvalue weighted by atomic mass is 10.1. The summed E-state index contributed by atoms with van der Waals surface area (Å²) in [6, 6.07) is -0.569. The quantitative estimate of drug-likeness (QED) is 0.760. The molecular formula is C13H19N3O4. The van der Waals surface area contributed by atoms with Crippen LogP contribution in [0.1, 0.15) is 50.1 Å². The number of ether oxygens (including phenoxy) is 1. The molecule has 1 amide bonds. The van der Waals surface area contributed by atoms with Crippen molar-refractivity contribution in [3.05, 3.63) is 11.7 Å². The summed E-state index contributed by atoms with van der Waals surface area (Å²) in [6.07, 6.45) is 1.35. The van der Waals surface area contributed by atoms with Crippen molar-refractivity contribution in [2.75, 3.05) is 6.54 Å². The number of aryl methyl sites for hydroxylation is 1. The van der Waals surface area contributed by atoms with Crippen LogP contribution < -0.4 is 0 Å². The number of carbonyl (C=O) groups is 2. The minimum atomic E-state index is -0.572. The maximum Gasteiger partial charge on any atom is 0.329 e. The number of aromatic nitrogens is 2. The number of esters is 1. The Morgan fingerprint density at radius 2 is 2.10 bits per heavy atom. The van der Waals surface area contributed by atoms with Crippen molar-refractivity contribution in [1.29, 1.82) is 0 Å². The average Bonchev–Trinajstić information content (AvgIpc) is 2.93. The smallest absolute Gasteiger partial charge is 0.329 e. The molecule has 1 atom stereocenters. The maximum absolute atomic E-state index is 12.3. The van der Waals surface area contributed by atoms with Crippen LogP contribution in [0.2, 0.25) is 0 Å². The lowest BCUT2D eigenvalue weighted by Gasteiger charge is -2.26. The SMILES string of the molecule is Cc1nc(C(=O)N2CCC[C@H]2C(=O)OC(C)(C)C)no1. The van der Waals surface area contributed by atoms with Crippen LogP contribution in [0.4, 0.5) is 0 Å². The summed E-state index contributed by atoms with van der Waals surface area (Å²) in [6.45, 7) is 7.51. The van der Waals surface area contributed by atoms with Crippen LogP contribution in [-0.2, 0) is 9.53 Å². The first-order chi connectivity index (χ1) is 9.28. The van der Waals surface area contributed by atoms with Gasteiger partial charge in [-0.25, -0.2) is 4.79 Å². The van der Waals surface area contributed by atoms with E-state index in [1.54, 1.807) is 27.7 Å². The molecule has 0 bridgehead atoms. The van der Waals surface area contributed by atoms with Crippen LogP contribution >= 0.6 is 0 Å². The van der Waals surface area contributed by atoms with Crippen LogP contribution in [0, 0.1) is 6.92 Å². The summed E-state index contributed by atoms with van der Waals surface area (Å²) >= 11 is 0. The third-order valence-corrected chi connectivity index (χ3v) is 2.91. The van der Waals surface area contributed by atoms with E-state index in [-0.39, 0.29) is 11.8 Å². The zero-order chi connectivity index (χ0) is 14.9. The van der Waals surface area contributed by atoms with Crippen LogP contribution in [0.25, 0.3) is 0 Å². The lowest BCUT2D eigenvalue weighted by Crippen LogP contribution is -2.43. The first-order valence-electron chi connectivity index (χ1n) is 6.62. The summed E-state index contributed by atoms with van der Waals surface area (Å²) in [5, 5.41) is 3.60. The van der Waals surface area contributed by atoms with Gasteiger partial charge >= 0.3 is 5.97 Å². The number of carbonyl (C=O) groups excluding carboxylic acids is 2. The molecule has 1 aromatic rings. The van der Waals surface area contributed by atoms with Crippen molar-refractivity contribution >= 4 is 11.9 Å². The molecule has 7 heteroatoms. The van der Waals surface area contributed by atoms with E-state index in [2.05, 4.69) is 10.1 Å². The predicted octanol–water partition coefficient (Wildman–Crippen LogP) is 1.32. The van der Waals surface area contributed by atoms with Gasteiger partial charge in [0.15, 0.2) is 0 Å². The van der Waals surface area contributed by atoms with E-state index in [4.69, 9.17) is 9.26 Å². The molecule has 7 nitrogen and oxygen atoms in total. The van der Waals surface area contributed by atoms with E-state index in [0.717, 1.165) is 6.42 Å². The molecule has 2 rings (SSSR count). The fourth-order valence-corrected chi connectivity index (χ4v) is 2.14. The van der Waals surface area contributed by atoms with Gasteiger partial charge in [-0.15, -0.1) is 0 Å². The van der Waals surface area contributed by atoms with Crippen LogP contribution in [0.15, 0.2) is 4.52 Å². The van der Waals surface area contributed by atoms with Gasteiger partial charge in [-0.1, -0.05) is 5.16 Å². The molecule has 2 heterocycles. The summed E-state index contributed by atoms with van der Waals surface area (Å²) in [4.78, 5) is 29.8. The summed E-state index contributed by atoms with van der Waals surface area (Å²) in [5.41, 5.74) is -0.572. The first-order valence-corrected chi connectivity index (χ1v) is 6.62. The molecule has 0 spiro atoms. The molecule has 0 radical (unpaired) electrons. The second-order valence-electron chi connectivity index (χ2n) is 5.83.